The first-order chi connectivity index (χ1) is 10.3. The Hall–Kier alpha value is -1.98. The van der Waals surface area contributed by atoms with Gasteiger partial charge in [0.1, 0.15) is 17.7 Å². The topological polar surface area (TPSA) is 66.4 Å². The molecule has 0 radical (unpaired) electrons. The minimum absolute atomic E-state index is 0.131. The molecule has 1 aromatic carbocycles. The molecule has 0 aromatic heterocycles. The number of benzene rings is 1. The van der Waals surface area contributed by atoms with Crippen molar-refractivity contribution >= 4 is 11.9 Å². The van der Waals surface area contributed by atoms with Crippen molar-refractivity contribution in [2.24, 2.45) is 11.8 Å². The highest BCUT2D eigenvalue weighted by Gasteiger charge is 2.46. The summed E-state index contributed by atoms with van der Waals surface area (Å²) in [6.45, 7) is 3.74. The summed E-state index contributed by atoms with van der Waals surface area (Å²) in [5.74, 6) is -3.42. The second-order valence-electron chi connectivity index (χ2n) is 6.14. The Balaban J connectivity index is 1.99. The van der Waals surface area contributed by atoms with E-state index in [9.17, 15) is 18.4 Å². The Bertz CT molecular complexity index is 589. The molecule has 1 saturated carbocycles. The van der Waals surface area contributed by atoms with E-state index in [1.165, 1.54) is 6.07 Å². The van der Waals surface area contributed by atoms with Gasteiger partial charge in [-0.3, -0.25) is 4.79 Å². The minimum atomic E-state index is -1.08. The quantitative estimate of drug-likeness (QED) is 0.849. The van der Waals surface area contributed by atoms with Crippen LogP contribution in [0.4, 0.5) is 8.78 Å². The summed E-state index contributed by atoms with van der Waals surface area (Å²) in [4.78, 5) is 23.2. The van der Waals surface area contributed by atoms with Crippen LogP contribution in [0.15, 0.2) is 18.2 Å². The zero-order valence-corrected chi connectivity index (χ0v) is 12.5. The molecule has 22 heavy (non-hydrogen) atoms. The van der Waals surface area contributed by atoms with Gasteiger partial charge in [-0.1, -0.05) is 19.9 Å². The molecule has 0 spiro atoms. The molecule has 2 N–H and O–H groups in total. The van der Waals surface area contributed by atoms with Gasteiger partial charge >= 0.3 is 5.97 Å². The van der Waals surface area contributed by atoms with Crippen LogP contribution in [-0.2, 0) is 9.59 Å². The Morgan fingerprint density at radius 3 is 2.59 bits per heavy atom. The van der Waals surface area contributed by atoms with Crippen molar-refractivity contribution in [1.82, 2.24) is 5.32 Å². The van der Waals surface area contributed by atoms with E-state index < -0.39 is 29.6 Å². The number of halogens is 2. The third-order valence-electron chi connectivity index (χ3n) is 3.81. The van der Waals surface area contributed by atoms with Crippen LogP contribution in [0.25, 0.3) is 0 Å². The molecule has 1 aromatic rings. The monoisotopic (exact) mass is 311 g/mol. The number of nitrogens with one attached hydrogen (secondary N) is 1. The molecule has 1 aliphatic carbocycles. The van der Waals surface area contributed by atoms with Gasteiger partial charge in [-0.15, -0.1) is 0 Å². The molecule has 1 aliphatic rings. The van der Waals surface area contributed by atoms with Gasteiger partial charge in [0.15, 0.2) is 0 Å². The number of carboxylic acids is 1. The van der Waals surface area contributed by atoms with Gasteiger partial charge in [-0.05, 0) is 36.3 Å². The van der Waals surface area contributed by atoms with Gasteiger partial charge in [-0.2, -0.15) is 0 Å². The molecule has 0 bridgehead atoms. The predicted molar refractivity (Wildman–Crippen MR) is 76.2 cm³/mol. The lowest BCUT2D eigenvalue weighted by molar-refractivity contribution is -0.142. The molecule has 0 heterocycles. The van der Waals surface area contributed by atoms with E-state index in [2.05, 4.69) is 5.32 Å². The Labute approximate surface area is 127 Å². The largest absolute Gasteiger partial charge is 0.480 e. The molecule has 2 rings (SSSR count). The number of amides is 1. The lowest BCUT2D eigenvalue weighted by atomic mass is 10.0. The van der Waals surface area contributed by atoms with E-state index in [1.54, 1.807) is 0 Å². The maximum absolute atomic E-state index is 13.7. The van der Waals surface area contributed by atoms with Crippen LogP contribution < -0.4 is 5.32 Å². The number of aliphatic carboxylic acids is 1. The third kappa shape index (κ3) is 3.81. The van der Waals surface area contributed by atoms with Crippen LogP contribution in [0, 0.1) is 23.5 Å². The summed E-state index contributed by atoms with van der Waals surface area (Å²) < 4.78 is 26.6. The normalized spacial score (nSPS) is 21.5. The zero-order chi connectivity index (χ0) is 16.4. The van der Waals surface area contributed by atoms with Crippen LogP contribution in [-0.4, -0.2) is 23.0 Å². The van der Waals surface area contributed by atoms with Crippen molar-refractivity contribution in [3.63, 3.8) is 0 Å². The highest BCUT2D eigenvalue weighted by Crippen LogP contribution is 2.48. The second kappa shape index (κ2) is 6.42. The molecule has 1 fully saturated rings. The summed E-state index contributed by atoms with van der Waals surface area (Å²) in [7, 11) is 0. The molecule has 4 nitrogen and oxygen atoms in total. The zero-order valence-electron chi connectivity index (χ0n) is 12.5. The first-order valence-corrected chi connectivity index (χ1v) is 7.27. The molecule has 120 valence electrons. The molecule has 0 aliphatic heterocycles. The van der Waals surface area contributed by atoms with Gasteiger partial charge in [0.2, 0.25) is 5.91 Å². The highest BCUT2D eigenvalue weighted by atomic mass is 19.1. The fraction of sp³-hybridized carbons (Fsp3) is 0.500. The summed E-state index contributed by atoms with van der Waals surface area (Å²) in [5, 5.41) is 11.6. The van der Waals surface area contributed by atoms with Crippen LogP contribution in [0.5, 0.6) is 0 Å². The predicted octanol–water partition coefficient (Wildman–Crippen LogP) is 2.68. The van der Waals surface area contributed by atoms with Gasteiger partial charge in [0.05, 0.1) is 0 Å². The van der Waals surface area contributed by atoms with Gasteiger partial charge in [-0.25, -0.2) is 13.6 Å². The number of carbonyl (C=O) groups excluding carboxylic acids is 1. The second-order valence-corrected chi connectivity index (χ2v) is 6.14. The van der Waals surface area contributed by atoms with Gasteiger partial charge < -0.3 is 10.4 Å². The number of carbonyl (C=O) groups is 2. The maximum Gasteiger partial charge on any atom is 0.326 e. The summed E-state index contributed by atoms with van der Waals surface area (Å²) in [6.07, 6.45) is 0.784. The highest BCUT2D eigenvalue weighted by molar-refractivity contribution is 5.87. The molecular formula is C16H19F2NO3. The number of hydrogen-bond donors (Lipinski definition) is 2. The van der Waals surface area contributed by atoms with Crippen molar-refractivity contribution in [3.05, 3.63) is 35.4 Å². The lowest BCUT2D eigenvalue weighted by Crippen LogP contribution is -2.42. The van der Waals surface area contributed by atoms with Crippen molar-refractivity contribution in [2.75, 3.05) is 0 Å². The average molecular weight is 311 g/mol. The fourth-order valence-electron chi connectivity index (χ4n) is 2.60. The summed E-state index contributed by atoms with van der Waals surface area (Å²) in [5.41, 5.74) is 0.303. The van der Waals surface area contributed by atoms with E-state index in [0.29, 0.717) is 18.4 Å². The summed E-state index contributed by atoms with van der Waals surface area (Å²) in [6, 6.07) is 2.35. The average Bonchev–Trinajstić information content (AvgIpc) is 3.17. The van der Waals surface area contributed by atoms with E-state index >= 15 is 0 Å². The van der Waals surface area contributed by atoms with Crippen molar-refractivity contribution < 1.29 is 23.5 Å². The van der Waals surface area contributed by atoms with Gasteiger partial charge in [0, 0.05) is 12.0 Å². The van der Waals surface area contributed by atoms with E-state index in [0.717, 1.165) is 12.1 Å². The Morgan fingerprint density at radius 1 is 1.36 bits per heavy atom. The first-order valence-electron chi connectivity index (χ1n) is 7.27. The Morgan fingerprint density at radius 2 is 2.05 bits per heavy atom. The van der Waals surface area contributed by atoms with Crippen LogP contribution in [0.3, 0.4) is 0 Å². The standard InChI is InChI=1S/C16H19F2NO3/c1-8(2)5-14(16(21)22)19-15(20)12-7-11(12)10-4-3-9(17)6-13(10)18/h3-4,6,8,11-12,14H,5,7H2,1-2H3,(H,19,20)(H,21,22). The number of carboxylic acid groups (broad SMARTS) is 1. The van der Waals surface area contributed by atoms with Crippen LogP contribution in [0.1, 0.15) is 38.2 Å². The summed E-state index contributed by atoms with van der Waals surface area (Å²) >= 11 is 0. The maximum atomic E-state index is 13.7. The molecular weight excluding hydrogens is 292 g/mol. The smallest absolute Gasteiger partial charge is 0.326 e. The van der Waals surface area contributed by atoms with E-state index in [-0.39, 0.29) is 17.7 Å². The van der Waals surface area contributed by atoms with E-state index in [4.69, 9.17) is 5.11 Å². The molecule has 0 saturated heterocycles. The lowest BCUT2D eigenvalue weighted by Gasteiger charge is -2.16. The molecule has 3 atom stereocenters. The third-order valence-corrected chi connectivity index (χ3v) is 3.81. The fourth-order valence-corrected chi connectivity index (χ4v) is 2.60. The molecule has 6 heteroatoms. The number of hydrogen-bond acceptors (Lipinski definition) is 2. The van der Waals surface area contributed by atoms with Crippen molar-refractivity contribution in [3.8, 4) is 0 Å². The SMILES string of the molecule is CC(C)CC(NC(=O)C1CC1c1ccc(F)cc1F)C(=O)O. The van der Waals surface area contributed by atoms with Crippen molar-refractivity contribution in [2.45, 2.75) is 38.6 Å². The van der Waals surface area contributed by atoms with Crippen LogP contribution >= 0.6 is 0 Å². The van der Waals surface area contributed by atoms with E-state index in [1.807, 2.05) is 13.8 Å². The van der Waals surface area contributed by atoms with Crippen molar-refractivity contribution in [1.29, 1.82) is 0 Å². The van der Waals surface area contributed by atoms with Crippen LogP contribution in [0.2, 0.25) is 0 Å². The van der Waals surface area contributed by atoms with Gasteiger partial charge in [0.25, 0.3) is 0 Å². The minimum Gasteiger partial charge on any atom is -0.480 e. The molecule has 3 unspecified atom stereocenters. The first kappa shape index (κ1) is 16.4. The molecule has 1 amide bonds. The number of rotatable bonds is 6. The Kier molecular flexibility index (Phi) is 4.78.